The first-order chi connectivity index (χ1) is 10.5. The molecule has 1 aliphatic rings. The van der Waals surface area contributed by atoms with E-state index in [1.807, 2.05) is 32.6 Å². The van der Waals surface area contributed by atoms with Crippen LogP contribution in [0.4, 0.5) is 4.79 Å². The molecule has 1 rings (SSSR count). The van der Waals surface area contributed by atoms with Crippen molar-refractivity contribution in [3.8, 4) is 0 Å². The van der Waals surface area contributed by atoms with Gasteiger partial charge >= 0.3 is 6.09 Å². The van der Waals surface area contributed by atoms with Crippen LogP contribution in [0.5, 0.6) is 0 Å². The van der Waals surface area contributed by atoms with Crippen LogP contribution in [-0.2, 0) is 4.74 Å². The van der Waals surface area contributed by atoms with Crippen molar-refractivity contribution in [1.82, 2.24) is 10.2 Å². The van der Waals surface area contributed by atoms with Gasteiger partial charge in [-0.05, 0) is 59.8 Å². The zero-order chi connectivity index (χ0) is 17.7. The summed E-state index contributed by atoms with van der Waals surface area (Å²) in [5, 5.41) is 13.7. The number of carbonyl (C=O) groups is 1. The van der Waals surface area contributed by atoms with Gasteiger partial charge in [0.1, 0.15) is 5.60 Å². The van der Waals surface area contributed by atoms with Gasteiger partial charge in [-0.1, -0.05) is 13.3 Å². The highest BCUT2D eigenvalue weighted by atomic mass is 16.6. The Labute approximate surface area is 141 Å². The maximum absolute atomic E-state index is 12.2. The number of ether oxygens (including phenoxy) is 1. The fourth-order valence-electron chi connectivity index (χ4n) is 3.08. The minimum Gasteiger partial charge on any atom is -0.444 e. The Kier molecular flexibility index (Phi) is 7.33. The van der Waals surface area contributed by atoms with E-state index in [-0.39, 0.29) is 12.1 Å². The molecule has 1 saturated heterocycles. The van der Waals surface area contributed by atoms with Gasteiger partial charge in [-0.2, -0.15) is 0 Å². The van der Waals surface area contributed by atoms with E-state index in [1.165, 1.54) is 0 Å². The summed E-state index contributed by atoms with van der Waals surface area (Å²) in [4.78, 5) is 14.0. The van der Waals surface area contributed by atoms with E-state index < -0.39 is 11.2 Å². The zero-order valence-electron chi connectivity index (χ0n) is 15.8. The van der Waals surface area contributed by atoms with Crippen LogP contribution in [0, 0.1) is 5.92 Å². The molecule has 0 bridgehead atoms. The standard InChI is InChI=1S/C18H36N2O3/c1-7-10-18(6,22)13-19-14(2)15-9-8-11-20(12-15)16(21)23-17(3,4)5/h14-15,19,22H,7-13H2,1-6H3. The quantitative estimate of drug-likeness (QED) is 0.786. The van der Waals surface area contributed by atoms with Crippen LogP contribution in [0.15, 0.2) is 0 Å². The number of aliphatic hydroxyl groups is 1. The van der Waals surface area contributed by atoms with Gasteiger partial charge in [0.05, 0.1) is 5.60 Å². The van der Waals surface area contributed by atoms with Gasteiger partial charge in [-0.15, -0.1) is 0 Å². The molecule has 0 aromatic carbocycles. The molecule has 2 N–H and O–H groups in total. The molecule has 136 valence electrons. The largest absolute Gasteiger partial charge is 0.444 e. The molecule has 3 atom stereocenters. The molecule has 1 aliphatic heterocycles. The molecule has 5 nitrogen and oxygen atoms in total. The van der Waals surface area contributed by atoms with Gasteiger partial charge in [0.15, 0.2) is 0 Å². The fraction of sp³-hybridized carbons (Fsp3) is 0.944. The second kappa shape index (κ2) is 8.34. The molecule has 1 amide bonds. The van der Waals surface area contributed by atoms with E-state index in [9.17, 15) is 9.90 Å². The number of rotatable bonds is 6. The lowest BCUT2D eigenvalue weighted by Crippen LogP contribution is -2.50. The van der Waals surface area contributed by atoms with E-state index >= 15 is 0 Å². The predicted molar refractivity (Wildman–Crippen MR) is 93.5 cm³/mol. The third-order valence-corrected chi connectivity index (χ3v) is 4.41. The third kappa shape index (κ3) is 7.53. The second-order valence-corrected chi connectivity index (χ2v) is 8.25. The molecule has 0 aromatic rings. The number of hydrogen-bond donors (Lipinski definition) is 2. The van der Waals surface area contributed by atoms with Gasteiger partial charge in [0.2, 0.25) is 0 Å². The Morgan fingerprint density at radius 3 is 2.61 bits per heavy atom. The molecular formula is C18H36N2O3. The van der Waals surface area contributed by atoms with E-state index in [0.717, 1.165) is 38.8 Å². The zero-order valence-corrected chi connectivity index (χ0v) is 15.8. The topological polar surface area (TPSA) is 61.8 Å². The summed E-state index contributed by atoms with van der Waals surface area (Å²) in [6, 6.07) is 0.267. The Balaban J connectivity index is 2.49. The van der Waals surface area contributed by atoms with Crippen LogP contribution in [-0.4, -0.2) is 53.0 Å². The SMILES string of the molecule is CCCC(C)(O)CNC(C)C1CCCN(C(=O)OC(C)(C)C)C1. The second-order valence-electron chi connectivity index (χ2n) is 8.25. The molecule has 0 saturated carbocycles. The summed E-state index contributed by atoms with van der Waals surface area (Å²) in [6.07, 6.45) is 3.65. The van der Waals surface area contributed by atoms with E-state index in [2.05, 4.69) is 19.2 Å². The van der Waals surface area contributed by atoms with Crippen molar-refractivity contribution in [3.05, 3.63) is 0 Å². The molecule has 0 aliphatic carbocycles. The van der Waals surface area contributed by atoms with Crippen LogP contribution in [0.2, 0.25) is 0 Å². The van der Waals surface area contributed by atoms with Crippen molar-refractivity contribution >= 4 is 6.09 Å². The van der Waals surface area contributed by atoms with Crippen LogP contribution >= 0.6 is 0 Å². The van der Waals surface area contributed by atoms with Gasteiger partial charge < -0.3 is 20.1 Å². The lowest BCUT2D eigenvalue weighted by Gasteiger charge is -2.37. The summed E-state index contributed by atoms with van der Waals surface area (Å²) in [7, 11) is 0. The Bertz CT molecular complexity index is 377. The first-order valence-electron chi connectivity index (χ1n) is 8.98. The molecule has 0 radical (unpaired) electrons. The highest BCUT2D eigenvalue weighted by molar-refractivity contribution is 5.68. The molecule has 1 fully saturated rings. The van der Waals surface area contributed by atoms with Crippen molar-refractivity contribution < 1.29 is 14.6 Å². The summed E-state index contributed by atoms with van der Waals surface area (Å²) in [5.74, 6) is 0.397. The van der Waals surface area contributed by atoms with Gasteiger partial charge in [-0.25, -0.2) is 4.79 Å². The smallest absolute Gasteiger partial charge is 0.410 e. The summed E-state index contributed by atoms with van der Waals surface area (Å²) < 4.78 is 5.48. The lowest BCUT2D eigenvalue weighted by molar-refractivity contribution is 0.0126. The Morgan fingerprint density at radius 1 is 1.39 bits per heavy atom. The maximum atomic E-state index is 12.2. The van der Waals surface area contributed by atoms with Crippen LogP contribution in [0.3, 0.4) is 0 Å². The van der Waals surface area contributed by atoms with Crippen molar-refractivity contribution in [2.75, 3.05) is 19.6 Å². The van der Waals surface area contributed by atoms with Gasteiger partial charge in [0.25, 0.3) is 0 Å². The summed E-state index contributed by atoms with van der Waals surface area (Å²) >= 11 is 0. The number of nitrogens with one attached hydrogen (secondary N) is 1. The van der Waals surface area contributed by atoms with Crippen LogP contribution < -0.4 is 5.32 Å². The monoisotopic (exact) mass is 328 g/mol. The predicted octanol–water partition coefficient (Wildman–Crippen LogP) is 3.16. The van der Waals surface area contributed by atoms with E-state index in [4.69, 9.17) is 4.74 Å². The normalized spacial score (nSPS) is 23.3. The number of nitrogens with zero attached hydrogens (tertiary/aromatic N) is 1. The van der Waals surface area contributed by atoms with Gasteiger partial charge in [-0.3, -0.25) is 0 Å². The number of likely N-dealkylation sites (tertiary alicyclic amines) is 1. The average molecular weight is 328 g/mol. The maximum Gasteiger partial charge on any atom is 0.410 e. The molecule has 1 heterocycles. The number of amides is 1. The molecule has 0 spiro atoms. The summed E-state index contributed by atoms with van der Waals surface area (Å²) in [6.45, 7) is 13.9. The minimum atomic E-state index is -0.664. The highest BCUT2D eigenvalue weighted by Gasteiger charge is 2.31. The number of hydrogen-bond acceptors (Lipinski definition) is 4. The first-order valence-corrected chi connectivity index (χ1v) is 8.98. The first kappa shape index (κ1) is 20.2. The fourth-order valence-corrected chi connectivity index (χ4v) is 3.08. The molecule has 3 unspecified atom stereocenters. The lowest BCUT2D eigenvalue weighted by atomic mass is 9.91. The van der Waals surface area contributed by atoms with Gasteiger partial charge in [0, 0.05) is 25.7 Å². The third-order valence-electron chi connectivity index (χ3n) is 4.41. The van der Waals surface area contributed by atoms with E-state index in [1.54, 1.807) is 0 Å². The van der Waals surface area contributed by atoms with Crippen molar-refractivity contribution in [2.45, 2.75) is 84.5 Å². The van der Waals surface area contributed by atoms with E-state index in [0.29, 0.717) is 12.5 Å². The Hall–Kier alpha value is -0.810. The number of carbonyl (C=O) groups excluding carboxylic acids is 1. The van der Waals surface area contributed by atoms with Crippen LogP contribution in [0.25, 0.3) is 0 Å². The molecular weight excluding hydrogens is 292 g/mol. The average Bonchev–Trinajstić information content (AvgIpc) is 2.43. The van der Waals surface area contributed by atoms with Crippen molar-refractivity contribution in [1.29, 1.82) is 0 Å². The molecule has 23 heavy (non-hydrogen) atoms. The van der Waals surface area contributed by atoms with Crippen LogP contribution in [0.1, 0.15) is 67.2 Å². The Morgan fingerprint density at radius 2 is 2.04 bits per heavy atom. The number of piperidine rings is 1. The van der Waals surface area contributed by atoms with Crippen molar-refractivity contribution in [3.63, 3.8) is 0 Å². The molecule has 5 heteroatoms. The minimum absolute atomic E-state index is 0.215. The molecule has 0 aromatic heterocycles. The summed E-state index contributed by atoms with van der Waals surface area (Å²) in [5.41, 5.74) is -1.12. The van der Waals surface area contributed by atoms with Crippen molar-refractivity contribution in [2.24, 2.45) is 5.92 Å². The highest BCUT2D eigenvalue weighted by Crippen LogP contribution is 2.22.